The van der Waals surface area contributed by atoms with E-state index in [1.165, 1.54) is 12.1 Å². The molecule has 4 aliphatic heterocycles. The lowest BCUT2D eigenvalue weighted by Crippen LogP contribution is -2.56. The first-order valence-electron chi connectivity index (χ1n) is 21.6. The SMILES string of the molecule is Cc1cc2cc(n1)-c1cnn(C)c1OCCO[C@@H](C)Cn1c(nc3ccc(CN4CCN(C(=O)[C@@H]5CCN(c6cc(F)c([C@H]7CCC(=O)NC7=O)c(F)c6)C5)C[C@H]4CO)cc31)NC2=O. The molecule has 3 N–H and O–H groups in total. The zero-order chi connectivity index (χ0) is 44.8. The van der Waals surface area contributed by atoms with E-state index in [1.807, 2.05) is 36.6 Å². The number of hydrogen-bond donors (Lipinski definition) is 3. The average Bonchev–Trinajstić information content (AvgIpc) is 3.99. The summed E-state index contributed by atoms with van der Waals surface area (Å²) in [6.45, 7) is 6.95. The Morgan fingerprint density at radius 2 is 1.77 bits per heavy atom. The summed E-state index contributed by atoms with van der Waals surface area (Å²) >= 11 is 0. The van der Waals surface area contributed by atoms with Gasteiger partial charge in [0, 0.05) is 75.2 Å². The van der Waals surface area contributed by atoms with Gasteiger partial charge in [-0.3, -0.25) is 39.7 Å². The van der Waals surface area contributed by atoms with Crippen LogP contribution in [0.2, 0.25) is 0 Å². The van der Waals surface area contributed by atoms with Crippen LogP contribution in [0.25, 0.3) is 22.3 Å². The minimum atomic E-state index is -1.09. The maximum absolute atomic E-state index is 15.3. The number of anilines is 2. The molecule has 3 aromatic heterocycles. The van der Waals surface area contributed by atoms with Gasteiger partial charge >= 0.3 is 0 Å². The topological polar surface area (TPSA) is 189 Å². The number of nitrogens with one attached hydrogen (secondary N) is 2. The van der Waals surface area contributed by atoms with Crippen molar-refractivity contribution in [1.29, 1.82) is 0 Å². The van der Waals surface area contributed by atoms with Gasteiger partial charge in [0.1, 0.15) is 18.2 Å². The van der Waals surface area contributed by atoms with Gasteiger partial charge in [-0.2, -0.15) is 5.10 Å². The highest BCUT2D eigenvalue weighted by molar-refractivity contribution is 6.05. The minimum absolute atomic E-state index is 0.000570. The second kappa shape index (κ2) is 17.7. The van der Waals surface area contributed by atoms with Gasteiger partial charge in [0.05, 0.1) is 72.2 Å². The summed E-state index contributed by atoms with van der Waals surface area (Å²) in [4.78, 5) is 66.9. The number of imidazole rings is 1. The Labute approximate surface area is 367 Å². The molecule has 9 rings (SSSR count). The Bertz CT molecular complexity index is 2630. The summed E-state index contributed by atoms with van der Waals surface area (Å²) in [6.07, 6.45) is 1.89. The maximum atomic E-state index is 15.3. The van der Waals surface area contributed by atoms with Crippen LogP contribution in [-0.2, 0) is 39.3 Å². The number of aromatic nitrogens is 5. The van der Waals surface area contributed by atoms with Gasteiger partial charge in [0.25, 0.3) is 5.91 Å². The van der Waals surface area contributed by atoms with E-state index < -0.39 is 35.3 Å². The van der Waals surface area contributed by atoms with E-state index in [-0.39, 0.29) is 67.8 Å². The summed E-state index contributed by atoms with van der Waals surface area (Å²) in [7, 11) is 1.78. The number of carbonyl (C=O) groups is 4. The predicted octanol–water partition coefficient (Wildman–Crippen LogP) is 3.52. The van der Waals surface area contributed by atoms with Crippen LogP contribution in [-0.4, -0.2) is 128 Å². The van der Waals surface area contributed by atoms with Gasteiger partial charge in [0.2, 0.25) is 29.5 Å². The number of fused-ring (bicyclic) bond motifs is 7. The number of aliphatic hydroxyl groups is 1. The predicted molar refractivity (Wildman–Crippen MR) is 229 cm³/mol. The molecule has 64 heavy (non-hydrogen) atoms. The third kappa shape index (κ3) is 8.54. The number of rotatable bonds is 6. The Morgan fingerprint density at radius 1 is 0.953 bits per heavy atom. The summed E-state index contributed by atoms with van der Waals surface area (Å²) in [6, 6.07) is 11.4. The third-order valence-electron chi connectivity index (χ3n) is 12.6. The highest BCUT2D eigenvalue weighted by Crippen LogP contribution is 2.35. The fourth-order valence-electron chi connectivity index (χ4n) is 9.35. The molecule has 2 bridgehead atoms. The summed E-state index contributed by atoms with van der Waals surface area (Å²) in [5.41, 5.74) is 4.61. The number of nitrogens with zero attached hydrogens (tertiary/aromatic N) is 8. The van der Waals surface area contributed by atoms with Gasteiger partial charge in [-0.25, -0.2) is 18.4 Å². The first-order chi connectivity index (χ1) is 30.8. The Morgan fingerprint density at radius 3 is 2.55 bits per heavy atom. The molecule has 2 aromatic carbocycles. The smallest absolute Gasteiger partial charge is 0.258 e. The average molecular weight is 881 g/mol. The normalized spacial score (nSPS) is 22.3. The largest absolute Gasteiger partial charge is 0.475 e. The molecule has 5 aromatic rings. The lowest BCUT2D eigenvalue weighted by molar-refractivity contribution is -0.138. The fraction of sp³-hybridized carbons (Fsp3) is 0.444. The number of benzene rings is 2. The molecule has 0 aliphatic carbocycles. The lowest BCUT2D eigenvalue weighted by Gasteiger charge is -2.41. The Kier molecular flexibility index (Phi) is 11.9. The number of hydrogen-bond acceptors (Lipinski definition) is 12. The van der Waals surface area contributed by atoms with Crippen LogP contribution < -0.4 is 20.3 Å². The Hall–Kier alpha value is -6.31. The summed E-state index contributed by atoms with van der Waals surface area (Å²) in [5.74, 6) is -3.97. The number of ether oxygens (including phenoxy) is 2. The number of aliphatic hydroxyl groups excluding tert-OH is 1. The molecule has 0 saturated carbocycles. The standard InChI is InChI=1S/C45H50F2N10O7/c1-25-14-29-16-37(49-25)33-19-48-53(3)44(33)64-13-12-63-26(2)20-57-38-15-27(4-6-36(38)50-45(57)52-41(29)60)21-55-10-11-56(23-31(55)24-58)43(62)28-8-9-54(22-28)30-17-34(46)40(35(47)18-30)32-5-7-39(59)51-42(32)61/h4,6,14-19,26,28,31-32,58H,5,7-13,20-24H2,1-3H3,(H,50,52,60)(H,51,59,61)/t26-,28+,31-,32+/m0/s1. The van der Waals surface area contributed by atoms with Gasteiger partial charge in [0.15, 0.2) is 0 Å². The summed E-state index contributed by atoms with van der Waals surface area (Å²) in [5, 5.41) is 20.1. The quantitative estimate of drug-likeness (QED) is 0.211. The van der Waals surface area contributed by atoms with Gasteiger partial charge in [-0.1, -0.05) is 6.07 Å². The van der Waals surface area contributed by atoms with Crippen LogP contribution >= 0.6 is 0 Å². The molecule has 0 spiro atoms. The van der Waals surface area contributed by atoms with Crippen LogP contribution in [0.4, 0.5) is 20.4 Å². The number of carbonyl (C=O) groups excluding carboxylic acids is 4. The first-order valence-corrected chi connectivity index (χ1v) is 21.6. The lowest BCUT2D eigenvalue weighted by atomic mass is 9.89. The molecule has 336 valence electrons. The Balaban J connectivity index is 0.879. The van der Waals surface area contributed by atoms with E-state index in [1.54, 1.807) is 39.9 Å². The molecule has 17 nitrogen and oxygen atoms in total. The number of piperazine rings is 1. The number of halogens is 2. The van der Waals surface area contributed by atoms with E-state index in [0.29, 0.717) is 92.2 Å². The van der Waals surface area contributed by atoms with Crippen molar-refractivity contribution in [3.63, 3.8) is 0 Å². The number of piperidine rings is 1. The van der Waals surface area contributed by atoms with Gasteiger partial charge in [-0.15, -0.1) is 0 Å². The van der Waals surface area contributed by atoms with Crippen molar-refractivity contribution in [3.05, 3.63) is 82.7 Å². The van der Waals surface area contributed by atoms with Crippen LogP contribution in [0, 0.1) is 24.5 Å². The van der Waals surface area contributed by atoms with Crippen molar-refractivity contribution in [3.8, 4) is 17.1 Å². The number of imide groups is 1. The van der Waals surface area contributed by atoms with Crippen molar-refractivity contribution in [2.24, 2.45) is 13.0 Å². The molecule has 4 aliphatic rings. The highest BCUT2D eigenvalue weighted by atomic mass is 19.1. The van der Waals surface area contributed by atoms with Crippen LogP contribution in [0.3, 0.4) is 0 Å². The van der Waals surface area contributed by atoms with E-state index in [4.69, 9.17) is 14.5 Å². The second-order valence-corrected chi connectivity index (χ2v) is 17.1. The van der Waals surface area contributed by atoms with Gasteiger partial charge in [-0.05, 0) is 68.7 Å². The molecule has 7 heterocycles. The molecular weight excluding hydrogens is 831 g/mol. The monoisotopic (exact) mass is 880 g/mol. The molecule has 0 radical (unpaired) electrons. The molecule has 4 amide bonds. The third-order valence-corrected chi connectivity index (χ3v) is 12.6. The highest BCUT2D eigenvalue weighted by Gasteiger charge is 2.38. The van der Waals surface area contributed by atoms with Crippen molar-refractivity contribution < 1.29 is 42.5 Å². The van der Waals surface area contributed by atoms with Gasteiger partial charge < -0.3 is 28.9 Å². The first kappa shape index (κ1) is 43.0. The van der Waals surface area contributed by atoms with E-state index in [0.717, 1.165) is 11.1 Å². The van der Waals surface area contributed by atoms with Crippen LogP contribution in [0.15, 0.2) is 48.7 Å². The summed E-state index contributed by atoms with van der Waals surface area (Å²) < 4.78 is 46.5. The molecule has 3 saturated heterocycles. The minimum Gasteiger partial charge on any atom is -0.475 e. The molecule has 3 fully saturated rings. The molecule has 4 atom stereocenters. The number of aryl methyl sites for hydroxylation is 2. The second-order valence-electron chi connectivity index (χ2n) is 17.1. The van der Waals surface area contributed by atoms with Crippen molar-refractivity contribution in [2.75, 3.05) is 62.8 Å². The van der Waals surface area contributed by atoms with Crippen LogP contribution in [0.5, 0.6) is 5.88 Å². The zero-order valence-electron chi connectivity index (χ0n) is 35.9. The van der Waals surface area contributed by atoms with E-state index >= 15 is 8.78 Å². The fourth-order valence-corrected chi connectivity index (χ4v) is 9.35. The van der Waals surface area contributed by atoms with Crippen LogP contribution in [0.1, 0.15) is 59.3 Å². The zero-order valence-corrected chi connectivity index (χ0v) is 35.9. The van der Waals surface area contributed by atoms with Crippen molar-refractivity contribution >= 4 is 46.3 Å². The number of amides is 4. The van der Waals surface area contributed by atoms with E-state index in [2.05, 4.69) is 25.6 Å². The van der Waals surface area contributed by atoms with Crippen molar-refractivity contribution in [2.45, 2.75) is 64.3 Å². The van der Waals surface area contributed by atoms with E-state index in [9.17, 15) is 24.3 Å². The molecular formula is C45H50F2N10O7. The maximum Gasteiger partial charge on any atom is 0.258 e. The molecule has 19 heteroatoms. The molecule has 0 unspecified atom stereocenters. The number of pyridine rings is 1. The van der Waals surface area contributed by atoms with Crippen molar-refractivity contribution in [1.82, 2.24) is 39.4 Å².